The van der Waals surface area contributed by atoms with E-state index in [1.54, 1.807) is 24.3 Å². The Bertz CT molecular complexity index is 804. The predicted octanol–water partition coefficient (Wildman–Crippen LogP) is 3.20. The highest BCUT2D eigenvalue weighted by Gasteiger charge is 2.06. The van der Waals surface area contributed by atoms with E-state index in [9.17, 15) is 14.7 Å². The number of hydrogen-bond acceptors (Lipinski definition) is 5. The number of methoxy groups -OCH3 is 1. The van der Waals surface area contributed by atoms with Crippen LogP contribution in [0.5, 0.6) is 11.5 Å². The van der Waals surface area contributed by atoms with E-state index in [2.05, 4.69) is 27.9 Å². The first-order valence-electron chi connectivity index (χ1n) is 7.25. The van der Waals surface area contributed by atoms with Gasteiger partial charge in [-0.05, 0) is 64.6 Å². The number of anilines is 1. The van der Waals surface area contributed by atoms with Crippen LogP contribution in [0, 0.1) is 3.57 Å². The fourth-order valence-corrected chi connectivity index (χ4v) is 2.45. The zero-order valence-corrected chi connectivity index (χ0v) is 15.5. The standard InChI is InChI=1S/C18H16INO5/c1-24-16-9-12(5-7-15(16)21)6-8-18(23)25-11-17(22)20-14-4-2-3-13(19)10-14/h2-10,21H,11H2,1H3,(H,20,22)/b8-6+. The number of rotatable bonds is 6. The Balaban J connectivity index is 1.84. The van der Waals surface area contributed by atoms with Gasteiger partial charge in [0.15, 0.2) is 18.1 Å². The third kappa shape index (κ3) is 6.11. The molecule has 0 spiro atoms. The Morgan fingerprint density at radius 3 is 2.76 bits per heavy atom. The minimum Gasteiger partial charge on any atom is -0.504 e. The van der Waals surface area contributed by atoms with Crippen LogP contribution in [0.15, 0.2) is 48.5 Å². The second-order valence-electron chi connectivity index (χ2n) is 4.93. The normalized spacial score (nSPS) is 10.5. The fraction of sp³-hybridized carbons (Fsp3) is 0.111. The van der Waals surface area contributed by atoms with E-state index < -0.39 is 11.9 Å². The van der Waals surface area contributed by atoms with Gasteiger partial charge in [0.2, 0.25) is 0 Å². The van der Waals surface area contributed by atoms with E-state index >= 15 is 0 Å². The molecular formula is C18H16INO5. The SMILES string of the molecule is COc1cc(/C=C/C(=O)OCC(=O)Nc2cccc(I)c2)ccc1O. The first-order valence-corrected chi connectivity index (χ1v) is 8.33. The van der Waals surface area contributed by atoms with Crippen molar-refractivity contribution in [2.24, 2.45) is 0 Å². The molecule has 0 aromatic heterocycles. The minimum absolute atomic E-state index is 0.00877. The van der Waals surface area contributed by atoms with Crippen molar-refractivity contribution < 1.29 is 24.2 Å². The number of ether oxygens (including phenoxy) is 2. The van der Waals surface area contributed by atoms with Gasteiger partial charge in [0.1, 0.15) is 0 Å². The lowest BCUT2D eigenvalue weighted by atomic mass is 10.2. The summed E-state index contributed by atoms with van der Waals surface area (Å²) in [5.74, 6) is -0.762. The first kappa shape index (κ1) is 18.8. The van der Waals surface area contributed by atoms with Crippen molar-refractivity contribution in [3.8, 4) is 11.5 Å². The predicted molar refractivity (Wildman–Crippen MR) is 102 cm³/mol. The van der Waals surface area contributed by atoms with Gasteiger partial charge in [-0.3, -0.25) is 4.79 Å². The smallest absolute Gasteiger partial charge is 0.331 e. The number of nitrogens with one attached hydrogen (secondary N) is 1. The molecule has 7 heteroatoms. The van der Waals surface area contributed by atoms with Crippen molar-refractivity contribution in [3.63, 3.8) is 0 Å². The number of aromatic hydroxyl groups is 1. The highest BCUT2D eigenvalue weighted by Crippen LogP contribution is 2.26. The molecule has 0 saturated carbocycles. The van der Waals surface area contributed by atoms with Gasteiger partial charge in [-0.1, -0.05) is 12.1 Å². The number of hydrogen-bond donors (Lipinski definition) is 2. The fourth-order valence-electron chi connectivity index (χ4n) is 1.91. The molecule has 2 rings (SSSR count). The zero-order valence-electron chi connectivity index (χ0n) is 13.4. The maximum absolute atomic E-state index is 11.8. The molecule has 0 bridgehead atoms. The van der Waals surface area contributed by atoms with Gasteiger partial charge in [-0.2, -0.15) is 0 Å². The Hall–Kier alpha value is -2.55. The molecule has 0 unspecified atom stereocenters. The summed E-state index contributed by atoms with van der Waals surface area (Å²) in [4.78, 5) is 23.4. The molecule has 6 nitrogen and oxygen atoms in total. The summed E-state index contributed by atoms with van der Waals surface area (Å²) in [6.45, 7) is -0.381. The molecule has 0 fully saturated rings. The number of phenols is 1. The third-order valence-corrected chi connectivity index (χ3v) is 3.74. The van der Waals surface area contributed by atoms with Gasteiger partial charge in [0.25, 0.3) is 5.91 Å². The Labute approximate surface area is 158 Å². The Kier molecular flexibility index (Phi) is 6.81. The van der Waals surface area contributed by atoms with Gasteiger partial charge < -0.3 is 19.9 Å². The molecule has 130 valence electrons. The number of benzene rings is 2. The van der Waals surface area contributed by atoms with Crippen molar-refractivity contribution >= 4 is 46.2 Å². The van der Waals surface area contributed by atoms with Gasteiger partial charge in [-0.15, -0.1) is 0 Å². The van der Waals surface area contributed by atoms with E-state index in [1.165, 1.54) is 25.3 Å². The molecule has 1 amide bonds. The largest absolute Gasteiger partial charge is 0.504 e. The van der Waals surface area contributed by atoms with E-state index in [1.807, 2.05) is 12.1 Å². The van der Waals surface area contributed by atoms with Crippen molar-refractivity contribution in [2.45, 2.75) is 0 Å². The summed E-state index contributed by atoms with van der Waals surface area (Å²) in [6.07, 6.45) is 2.70. The van der Waals surface area contributed by atoms with Crippen LogP contribution in [0.2, 0.25) is 0 Å². The molecule has 0 heterocycles. The van der Waals surface area contributed by atoms with E-state index in [-0.39, 0.29) is 12.4 Å². The minimum atomic E-state index is -0.648. The number of carbonyl (C=O) groups is 2. The van der Waals surface area contributed by atoms with E-state index in [0.717, 1.165) is 3.57 Å². The number of phenolic OH excluding ortho intramolecular Hbond substituents is 1. The summed E-state index contributed by atoms with van der Waals surface area (Å²) in [7, 11) is 1.43. The highest BCUT2D eigenvalue weighted by atomic mass is 127. The van der Waals surface area contributed by atoms with Crippen molar-refractivity contribution in [1.29, 1.82) is 0 Å². The molecule has 2 N–H and O–H groups in total. The molecular weight excluding hydrogens is 437 g/mol. The molecule has 2 aromatic rings. The lowest BCUT2D eigenvalue weighted by Crippen LogP contribution is -2.20. The van der Waals surface area contributed by atoms with Crippen LogP contribution >= 0.6 is 22.6 Å². The number of carbonyl (C=O) groups excluding carboxylic acids is 2. The molecule has 0 radical (unpaired) electrons. The summed E-state index contributed by atoms with van der Waals surface area (Å²) < 4.78 is 10.9. The van der Waals surface area contributed by atoms with Gasteiger partial charge in [-0.25, -0.2) is 4.79 Å². The molecule has 2 aromatic carbocycles. The van der Waals surface area contributed by atoms with Crippen LogP contribution in [0.3, 0.4) is 0 Å². The van der Waals surface area contributed by atoms with Crippen LogP contribution in [-0.2, 0) is 14.3 Å². The van der Waals surface area contributed by atoms with Gasteiger partial charge in [0.05, 0.1) is 7.11 Å². The van der Waals surface area contributed by atoms with Crippen molar-refractivity contribution in [1.82, 2.24) is 0 Å². The monoisotopic (exact) mass is 453 g/mol. The van der Waals surface area contributed by atoms with Crippen LogP contribution < -0.4 is 10.1 Å². The summed E-state index contributed by atoms with van der Waals surface area (Å²) >= 11 is 2.14. The second-order valence-corrected chi connectivity index (χ2v) is 6.18. The quantitative estimate of drug-likeness (QED) is 0.399. The van der Waals surface area contributed by atoms with Crippen LogP contribution in [0.4, 0.5) is 5.69 Å². The zero-order chi connectivity index (χ0) is 18.2. The third-order valence-electron chi connectivity index (χ3n) is 3.07. The lowest BCUT2D eigenvalue weighted by molar-refractivity contribution is -0.142. The molecule has 0 saturated heterocycles. The van der Waals surface area contributed by atoms with Gasteiger partial charge >= 0.3 is 5.97 Å². The Morgan fingerprint density at radius 1 is 1.24 bits per heavy atom. The van der Waals surface area contributed by atoms with Crippen LogP contribution in [0.1, 0.15) is 5.56 Å². The lowest BCUT2D eigenvalue weighted by Gasteiger charge is -2.06. The van der Waals surface area contributed by atoms with E-state index in [4.69, 9.17) is 9.47 Å². The summed E-state index contributed by atoms with van der Waals surface area (Å²) in [6, 6.07) is 11.9. The average molecular weight is 453 g/mol. The Morgan fingerprint density at radius 2 is 2.04 bits per heavy atom. The maximum atomic E-state index is 11.8. The second kappa shape index (κ2) is 9.07. The number of halogens is 1. The van der Waals surface area contributed by atoms with Crippen LogP contribution in [0.25, 0.3) is 6.08 Å². The van der Waals surface area contributed by atoms with Crippen molar-refractivity contribution in [3.05, 3.63) is 57.7 Å². The molecule has 0 aliphatic heterocycles. The first-order chi connectivity index (χ1) is 12.0. The topological polar surface area (TPSA) is 84.9 Å². The number of amides is 1. The number of esters is 1. The highest BCUT2D eigenvalue weighted by molar-refractivity contribution is 14.1. The molecule has 0 aliphatic rings. The molecule has 25 heavy (non-hydrogen) atoms. The van der Waals surface area contributed by atoms with Crippen LogP contribution in [-0.4, -0.2) is 30.7 Å². The molecule has 0 atom stereocenters. The average Bonchev–Trinajstić information content (AvgIpc) is 2.59. The maximum Gasteiger partial charge on any atom is 0.331 e. The molecule has 0 aliphatic carbocycles. The summed E-state index contributed by atoms with van der Waals surface area (Å²) in [5, 5.41) is 12.2. The summed E-state index contributed by atoms with van der Waals surface area (Å²) in [5.41, 5.74) is 1.29. The van der Waals surface area contributed by atoms with Gasteiger partial charge in [0, 0.05) is 15.3 Å². The van der Waals surface area contributed by atoms with E-state index in [0.29, 0.717) is 17.0 Å². The van der Waals surface area contributed by atoms with Crippen molar-refractivity contribution in [2.75, 3.05) is 19.0 Å².